The number of halogens is 2. The summed E-state index contributed by atoms with van der Waals surface area (Å²) in [6, 6.07) is 3.98. The standard InChI is InChI=1S/C16H16Cl2N2O4S/c1-16-3-2-14(22)20(16)12(8-25-16)15(23)24-7-13(21)19-11-5-9(17)4-10(18)6-11/h4-6,12H,2-3,7-8H2,1H3,(H,19,21)/t12-,16-/m0/s1. The Morgan fingerprint density at radius 2 is 2.04 bits per heavy atom. The lowest BCUT2D eigenvalue weighted by Crippen LogP contribution is -2.47. The first-order chi connectivity index (χ1) is 11.8. The van der Waals surface area contributed by atoms with E-state index in [2.05, 4.69) is 5.32 Å². The largest absolute Gasteiger partial charge is 0.454 e. The molecule has 3 rings (SSSR count). The second kappa shape index (κ2) is 7.05. The Kier molecular flexibility index (Phi) is 5.18. The Morgan fingerprint density at radius 3 is 2.72 bits per heavy atom. The van der Waals surface area contributed by atoms with Gasteiger partial charge in [0.2, 0.25) is 5.91 Å². The van der Waals surface area contributed by atoms with Crippen LogP contribution in [0.3, 0.4) is 0 Å². The minimum atomic E-state index is -0.640. The van der Waals surface area contributed by atoms with Crippen LogP contribution in [0, 0.1) is 0 Å². The van der Waals surface area contributed by atoms with Crippen molar-refractivity contribution >= 4 is 58.4 Å². The van der Waals surface area contributed by atoms with E-state index < -0.39 is 24.5 Å². The van der Waals surface area contributed by atoms with Crippen LogP contribution in [0.2, 0.25) is 10.0 Å². The van der Waals surface area contributed by atoms with Crippen LogP contribution in [0.15, 0.2) is 18.2 Å². The first-order valence-corrected chi connectivity index (χ1v) is 9.41. The van der Waals surface area contributed by atoms with Gasteiger partial charge in [-0.1, -0.05) is 23.2 Å². The van der Waals surface area contributed by atoms with E-state index in [4.69, 9.17) is 27.9 Å². The van der Waals surface area contributed by atoms with E-state index in [-0.39, 0.29) is 10.8 Å². The zero-order chi connectivity index (χ0) is 18.2. The molecule has 0 bridgehead atoms. The topological polar surface area (TPSA) is 75.7 Å². The molecule has 2 aliphatic rings. The fourth-order valence-electron chi connectivity index (χ4n) is 3.05. The maximum Gasteiger partial charge on any atom is 0.330 e. The van der Waals surface area contributed by atoms with Crippen LogP contribution in [0.4, 0.5) is 5.69 Å². The number of benzene rings is 1. The van der Waals surface area contributed by atoms with Crippen molar-refractivity contribution in [3.8, 4) is 0 Å². The average molecular weight is 403 g/mol. The average Bonchev–Trinajstić information content (AvgIpc) is 3.01. The third-order valence-corrected chi connectivity index (χ3v) is 6.15. The van der Waals surface area contributed by atoms with Gasteiger partial charge in [0.05, 0.1) is 4.87 Å². The monoisotopic (exact) mass is 402 g/mol. The number of rotatable bonds is 4. The molecular weight excluding hydrogens is 387 g/mol. The molecule has 2 amide bonds. The summed E-state index contributed by atoms with van der Waals surface area (Å²) in [5.41, 5.74) is 0.414. The Bertz CT molecular complexity index is 725. The van der Waals surface area contributed by atoms with Gasteiger partial charge in [-0.3, -0.25) is 9.59 Å². The molecule has 0 saturated carbocycles. The summed E-state index contributed by atoms with van der Waals surface area (Å²) in [5.74, 6) is -0.641. The number of hydrogen-bond donors (Lipinski definition) is 1. The van der Waals surface area contributed by atoms with Crippen molar-refractivity contribution < 1.29 is 19.1 Å². The van der Waals surface area contributed by atoms with Crippen molar-refractivity contribution in [2.24, 2.45) is 0 Å². The van der Waals surface area contributed by atoms with Crippen LogP contribution in [0.5, 0.6) is 0 Å². The van der Waals surface area contributed by atoms with Crippen LogP contribution >= 0.6 is 35.0 Å². The van der Waals surface area contributed by atoms with Gasteiger partial charge in [0.25, 0.3) is 5.91 Å². The molecule has 0 unspecified atom stereocenters. The molecule has 2 heterocycles. The van der Waals surface area contributed by atoms with Gasteiger partial charge in [-0.15, -0.1) is 11.8 Å². The summed E-state index contributed by atoms with van der Waals surface area (Å²) in [7, 11) is 0. The number of nitrogens with zero attached hydrogens (tertiary/aromatic N) is 1. The molecule has 9 heteroatoms. The van der Waals surface area contributed by atoms with E-state index in [1.54, 1.807) is 22.7 Å². The SMILES string of the molecule is C[C@]12CCC(=O)N1[C@H](C(=O)OCC(=O)Nc1cc(Cl)cc(Cl)c1)CS2. The van der Waals surface area contributed by atoms with Gasteiger partial charge >= 0.3 is 5.97 Å². The number of anilines is 1. The highest BCUT2D eigenvalue weighted by molar-refractivity contribution is 8.01. The quantitative estimate of drug-likeness (QED) is 0.783. The van der Waals surface area contributed by atoms with E-state index in [1.807, 2.05) is 6.92 Å². The molecule has 2 fully saturated rings. The van der Waals surface area contributed by atoms with Crippen LogP contribution in [0.1, 0.15) is 19.8 Å². The molecule has 6 nitrogen and oxygen atoms in total. The van der Waals surface area contributed by atoms with E-state index in [1.165, 1.54) is 12.1 Å². The molecule has 0 aromatic heterocycles. The third kappa shape index (κ3) is 3.88. The molecular formula is C16H16Cl2N2O4S. The van der Waals surface area contributed by atoms with Gasteiger partial charge in [0, 0.05) is 27.9 Å². The molecule has 0 aliphatic carbocycles. The van der Waals surface area contributed by atoms with Gasteiger partial charge in [-0.05, 0) is 31.5 Å². The number of hydrogen-bond acceptors (Lipinski definition) is 5. The van der Waals surface area contributed by atoms with Crippen molar-refractivity contribution in [1.29, 1.82) is 0 Å². The van der Waals surface area contributed by atoms with Crippen molar-refractivity contribution in [2.45, 2.75) is 30.7 Å². The Hall–Kier alpha value is -1.44. The summed E-state index contributed by atoms with van der Waals surface area (Å²) >= 11 is 13.3. The Balaban J connectivity index is 1.55. The van der Waals surface area contributed by atoms with Crippen LogP contribution in [0.25, 0.3) is 0 Å². The van der Waals surface area contributed by atoms with E-state index in [0.29, 0.717) is 27.9 Å². The lowest BCUT2D eigenvalue weighted by molar-refractivity contribution is -0.155. The molecule has 25 heavy (non-hydrogen) atoms. The van der Waals surface area contributed by atoms with E-state index in [9.17, 15) is 14.4 Å². The van der Waals surface area contributed by atoms with Gasteiger partial charge in [-0.2, -0.15) is 0 Å². The molecule has 2 atom stereocenters. The van der Waals surface area contributed by atoms with Crippen LogP contribution < -0.4 is 5.32 Å². The van der Waals surface area contributed by atoms with E-state index in [0.717, 1.165) is 6.42 Å². The minimum absolute atomic E-state index is 0.0486. The van der Waals surface area contributed by atoms with Gasteiger partial charge in [0.1, 0.15) is 6.04 Å². The number of carbonyl (C=O) groups is 3. The molecule has 2 saturated heterocycles. The number of carbonyl (C=O) groups excluding carboxylic acids is 3. The summed E-state index contributed by atoms with van der Waals surface area (Å²) in [5, 5.41) is 3.33. The van der Waals surface area contributed by atoms with Crippen molar-refractivity contribution in [2.75, 3.05) is 17.7 Å². The Labute approximate surface area is 159 Å². The lowest BCUT2D eigenvalue weighted by atomic mass is 10.2. The van der Waals surface area contributed by atoms with E-state index >= 15 is 0 Å². The normalized spacial score (nSPS) is 25.0. The molecule has 2 aliphatic heterocycles. The molecule has 0 radical (unpaired) electrons. The number of esters is 1. The number of thioether (sulfide) groups is 1. The van der Waals surface area contributed by atoms with Gasteiger partial charge in [0.15, 0.2) is 6.61 Å². The summed E-state index contributed by atoms with van der Waals surface area (Å²) in [4.78, 5) is 37.5. The molecule has 134 valence electrons. The number of nitrogens with one attached hydrogen (secondary N) is 1. The predicted molar refractivity (Wildman–Crippen MR) is 96.8 cm³/mol. The first-order valence-electron chi connectivity index (χ1n) is 7.67. The predicted octanol–water partition coefficient (Wildman–Crippen LogP) is 2.93. The number of amides is 2. The molecule has 0 spiro atoms. The molecule has 1 aromatic carbocycles. The van der Waals surface area contributed by atoms with Gasteiger partial charge < -0.3 is 15.0 Å². The van der Waals surface area contributed by atoms with Crippen LogP contribution in [-0.4, -0.2) is 46.0 Å². The second-order valence-corrected chi connectivity index (χ2v) is 8.45. The summed E-state index contributed by atoms with van der Waals surface area (Å²) < 4.78 is 5.10. The number of fused-ring (bicyclic) bond motifs is 1. The van der Waals surface area contributed by atoms with Gasteiger partial charge in [-0.25, -0.2) is 4.79 Å². The number of ether oxygens (including phenoxy) is 1. The highest BCUT2D eigenvalue weighted by atomic mass is 35.5. The zero-order valence-corrected chi connectivity index (χ0v) is 15.7. The lowest BCUT2D eigenvalue weighted by Gasteiger charge is -2.29. The summed E-state index contributed by atoms with van der Waals surface area (Å²) in [6.45, 7) is 1.51. The van der Waals surface area contributed by atoms with Crippen LogP contribution in [-0.2, 0) is 19.1 Å². The van der Waals surface area contributed by atoms with Crippen molar-refractivity contribution in [3.05, 3.63) is 28.2 Å². The highest BCUT2D eigenvalue weighted by Gasteiger charge is 2.53. The third-order valence-electron chi connectivity index (χ3n) is 4.21. The summed E-state index contributed by atoms with van der Waals surface area (Å²) in [6.07, 6.45) is 1.15. The fraction of sp³-hybridized carbons (Fsp3) is 0.438. The smallest absolute Gasteiger partial charge is 0.330 e. The maximum atomic E-state index is 12.3. The van der Waals surface area contributed by atoms with Crippen molar-refractivity contribution in [3.63, 3.8) is 0 Å². The fourth-order valence-corrected chi connectivity index (χ4v) is 4.99. The highest BCUT2D eigenvalue weighted by Crippen LogP contribution is 2.47. The zero-order valence-electron chi connectivity index (χ0n) is 13.4. The maximum absolute atomic E-state index is 12.3. The molecule has 1 N–H and O–H groups in total. The van der Waals surface area contributed by atoms with Crippen molar-refractivity contribution in [1.82, 2.24) is 4.90 Å². The second-order valence-electron chi connectivity index (χ2n) is 6.08. The Morgan fingerprint density at radius 1 is 1.36 bits per heavy atom. The minimum Gasteiger partial charge on any atom is -0.454 e. The first kappa shape index (κ1) is 18.4. The molecule has 1 aromatic rings.